The van der Waals surface area contributed by atoms with Crippen LogP contribution in [0, 0.1) is 6.92 Å². The van der Waals surface area contributed by atoms with Crippen LogP contribution in [-0.2, 0) is 16.1 Å². The second-order valence-electron chi connectivity index (χ2n) is 5.68. The van der Waals surface area contributed by atoms with Gasteiger partial charge in [0, 0.05) is 18.9 Å². The third-order valence-electron chi connectivity index (χ3n) is 3.84. The molecule has 0 saturated carbocycles. The molecule has 1 aromatic rings. The quantitative estimate of drug-likeness (QED) is 0.794. The summed E-state index contributed by atoms with van der Waals surface area (Å²) < 4.78 is 16.6. The molecule has 4 heteroatoms. The number of rotatable bonds is 6. The van der Waals surface area contributed by atoms with Crippen molar-refractivity contribution < 1.29 is 14.2 Å². The van der Waals surface area contributed by atoms with Gasteiger partial charge in [0.05, 0.1) is 24.9 Å². The smallest absolute Gasteiger partial charge is 0.215 e. The van der Waals surface area contributed by atoms with E-state index in [2.05, 4.69) is 4.98 Å². The van der Waals surface area contributed by atoms with Gasteiger partial charge in [0.1, 0.15) is 0 Å². The normalized spacial score (nSPS) is 12.6. The van der Waals surface area contributed by atoms with E-state index in [1.807, 2.05) is 40.7 Å². The molecule has 108 valence electrons. The first-order chi connectivity index (χ1) is 8.73. The van der Waals surface area contributed by atoms with Gasteiger partial charge < -0.3 is 14.2 Å². The van der Waals surface area contributed by atoms with Crippen molar-refractivity contribution >= 4 is 0 Å². The van der Waals surface area contributed by atoms with E-state index in [0.717, 1.165) is 11.1 Å². The van der Waals surface area contributed by atoms with Crippen molar-refractivity contribution in [3.05, 3.63) is 23.4 Å². The van der Waals surface area contributed by atoms with Crippen LogP contribution < -0.4 is 4.74 Å². The van der Waals surface area contributed by atoms with E-state index in [4.69, 9.17) is 14.2 Å². The van der Waals surface area contributed by atoms with Crippen LogP contribution in [0.1, 0.15) is 38.8 Å². The van der Waals surface area contributed by atoms with Crippen molar-refractivity contribution in [2.45, 2.75) is 52.4 Å². The molecule has 0 saturated heterocycles. The minimum absolute atomic E-state index is 0.359. The second kappa shape index (κ2) is 5.88. The Morgan fingerprint density at radius 1 is 1.11 bits per heavy atom. The van der Waals surface area contributed by atoms with Crippen molar-refractivity contribution in [2.75, 3.05) is 14.2 Å². The fourth-order valence-electron chi connectivity index (χ4n) is 1.60. The maximum Gasteiger partial charge on any atom is 0.215 e. The zero-order chi connectivity index (χ0) is 14.7. The van der Waals surface area contributed by atoms with Gasteiger partial charge >= 0.3 is 0 Å². The molecule has 0 N–H and O–H groups in total. The first-order valence-electron chi connectivity index (χ1n) is 6.42. The van der Waals surface area contributed by atoms with Crippen molar-refractivity contribution in [3.8, 4) is 5.88 Å². The highest BCUT2D eigenvalue weighted by atomic mass is 16.6. The van der Waals surface area contributed by atoms with Gasteiger partial charge in [0.25, 0.3) is 0 Å². The SMILES string of the molecule is COc1ncc(COC(C)(C)C(C)(C)OC)cc1C. The summed E-state index contributed by atoms with van der Waals surface area (Å²) in [6, 6.07) is 2.03. The number of ether oxygens (including phenoxy) is 3. The number of aromatic nitrogens is 1. The van der Waals surface area contributed by atoms with E-state index in [-0.39, 0.29) is 5.60 Å². The molecule has 0 aromatic carbocycles. The van der Waals surface area contributed by atoms with Gasteiger partial charge in [-0.2, -0.15) is 0 Å². The number of hydrogen-bond acceptors (Lipinski definition) is 4. The Bertz CT molecular complexity index is 427. The number of nitrogens with zero attached hydrogens (tertiary/aromatic N) is 1. The predicted molar refractivity (Wildman–Crippen MR) is 75.5 cm³/mol. The maximum absolute atomic E-state index is 5.99. The molecule has 1 heterocycles. The zero-order valence-electron chi connectivity index (χ0n) is 13.0. The largest absolute Gasteiger partial charge is 0.481 e. The van der Waals surface area contributed by atoms with Gasteiger partial charge in [-0.1, -0.05) is 0 Å². The Labute approximate surface area is 116 Å². The lowest BCUT2D eigenvalue weighted by Crippen LogP contribution is -2.48. The van der Waals surface area contributed by atoms with Crippen LogP contribution in [0.3, 0.4) is 0 Å². The summed E-state index contributed by atoms with van der Waals surface area (Å²) in [6.45, 7) is 10.6. The average molecular weight is 267 g/mol. The van der Waals surface area contributed by atoms with E-state index in [0.29, 0.717) is 12.5 Å². The highest BCUT2D eigenvalue weighted by molar-refractivity contribution is 5.28. The minimum atomic E-state index is -0.393. The number of pyridine rings is 1. The molecular formula is C15H25NO3. The molecule has 1 aromatic heterocycles. The van der Waals surface area contributed by atoms with E-state index in [1.54, 1.807) is 20.4 Å². The Kier molecular flexibility index (Phi) is 4.93. The summed E-state index contributed by atoms with van der Waals surface area (Å²) >= 11 is 0. The molecule has 4 nitrogen and oxygen atoms in total. The van der Waals surface area contributed by atoms with Crippen molar-refractivity contribution in [1.29, 1.82) is 0 Å². The number of aryl methyl sites for hydroxylation is 1. The monoisotopic (exact) mass is 267 g/mol. The van der Waals surface area contributed by atoms with Crippen molar-refractivity contribution in [1.82, 2.24) is 4.98 Å². The third kappa shape index (κ3) is 3.67. The van der Waals surface area contributed by atoms with Crippen LogP contribution in [0.4, 0.5) is 0 Å². The Balaban J connectivity index is 2.74. The van der Waals surface area contributed by atoms with Gasteiger partial charge in [-0.15, -0.1) is 0 Å². The Hall–Kier alpha value is -1.13. The molecule has 19 heavy (non-hydrogen) atoms. The number of methoxy groups -OCH3 is 2. The van der Waals surface area contributed by atoms with Crippen LogP contribution in [0.2, 0.25) is 0 Å². The maximum atomic E-state index is 5.99. The van der Waals surface area contributed by atoms with Crippen LogP contribution in [-0.4, -0.2) is 30.4 Å². The Morgan fingerprint density at radius 2 is 1.74 bits per heavy atom. The summed E-state index contributed by atoms with van der Waals surface area (Å²) in [4.78, 5) is 4.25. The molecule has 0 radical (unpaired) electrons. The zero-order valence-corrected chi connectivity index (χ0v) is 13.0. The van der Waals surface area contributed by atoms with Gasteiger partial charge in [-0.05, 0) is 46.2 Å². The van der Waals surface area contributed by atoms with Crippen LogP contribution >= 0.6 is 0 Å². The average Bonchev–Trinajstić information content (AvgIpc) is 2.36. The van der Waals surface area contributed by atoms with Gasteiger partial charge in [-0.25, -0.2) is 4.98 Å². The van der Waals surface area contributed by atoms with E-state index >= 15 is 0 Å². The van der Waals surface area contributed by atoms with Crippen LogP contribution in [0.25, 0.3) is 0 Å². The summed E-state index contributed by atoms with van der Waals surface area (Å²) in [6.07, 6.45) is 1.78. The summed E-state index contributed by atoms with van der Waals surface area (Å²) in [5, 5.41) is 0. The molecule has 0 unspecified atom stereocenters. The molecule has 0 aliphatic rings. The van der Waals surface area contributed by atoms with Gasteiger partial charge in [0.15, 0.2) is 0 Å². The van der Waals surface area contributed by atoms with Gasteiger partial charge in [0.2, 0.25) is 5.88 Å². The molecule has 0 spiro atoms. The lowest BCUT2D eigenvalue weighted by atomic mass is 9.89. The molecule has 0 aliphatic heterocycles. The van der Waals surface area contributed by atoms with Crippen molar-refractivity contribution in [2.24, 2.45) is 0 Å². The molecular weight excluding hydrogens is 242 g/mol. The molecule has 0 bridgehead atoms. The highest BCUT2D eigenvalue weighted by Gasteiger charge is 2.38. The molecule has 0 amide bonds. The number of hydrogen-bond donors (Lipinski definition) is 0. The molecule has 1 rings (SSSR count). The fourth-order valence-corrected chi connectivity index (χ4v) is 1.60. The van der Waals surface area contributed by atoms with E-state index < -0.39 is 5.60 Å². The van der Waals surface area contributed by atoms with Crippen LogP contribution in [0.15, 0.2) is 12.3 Å². The third-order valence-corrected chi connectivity index (χ3v) is 3.84. The molecule has 0 aliphatic carbocycles. The first kappa shape index (κ1) is 15.9. The lowest BCUT2D eigenvalue weighted by Gasteiger charge is -2.40. The van der Waals surface area contributed by atoms with Crippen LogP contribution in [0.5, 0.6) is 5.88 Å². The molecule has 0 fully saturated rings. The minimum Gasteiger partial charge on any atom is -0.481 e. The summed E-state index contributed by atoms with van der Waals surface area (Å²) in [7, 11) is 3.32. The highest BCUT2D eigenvalue weighted by Crippen LogP contribution is 2.29. The molecule has 0 atom stereocenters. The first-order valence-corrected chi connectivity index (χ1v) is 6.42. The lowest BCUT2D eigenvalue weighted by molar-refractivity contribution is -0.169. The summed E-state index contributed by atoms with van der Waals surface area (Å²) in [5.74, 6) is 0.653. The standard InChI is InChI=1S/C15H25NO3/c1-11-8-12(9-16-13(11)17-6)10-19-15(4,5)14(2,3)18-7/h8-9H,10H2,1-7H3. The summed E-state index contributed by atoms with van der Waals surface area (Å²) in [5.41, 5.74) is 1.28. The fraction of sp³-hybridized carbons (Fsp3) is 0.667. The van der Waals surface area contributed by atoms with E-state index in [1.165, 1.54) is 0 Å². The predicted octanol–water partition coefficient (Wildman–Crippen LogP) is 3.12. The second-order valence-corrected chi connectivity index (χ2v) is 5.68. The Morgan fingerprint density at radius 3 is 2.21 bits per heavy atom. The van der Waals surface area contributed by atoms with Crippen molar-refractivity contribution in [3.63, 3.8) is 0 Å². The van der Waals surface area contributed by atoms with E-state index in [9.17, 15) is 0 Å². The topological polar surface area (TPSA) is 40.6 Å². The van der Waals surface area contributed by atoms with Gasteiger partial charge in [-0.3, -0.25) is 0 Å².